The van der Waals surface area contributed by atoms with Gasteiger partial charge in [-0.1, -0.05) is 133 Å². The number of rotatable bonds is 6. The van der Waals surface area contributed by atoms with E-state index in [1.165, 1.54) is 22.1 Å². The molecule has 0 saturated carbocycles. The SMILES string of the molecule is c1ccc(-c2cccc(-c3ccc(N(c4ccc(-c5cccc6oc7c8ccccc8ccc7c56)cc4)c4ccc5c(c4)oc4ccccc45)cc3)c2)cc1. The summed E-state index contributed by atoms with van der Waals surface area (Å²) in [5.41, 5.74) is 13.7. The van der Waals surface area contributed by atoms with Crippen molar-refractivity contribution < 1.29 is 8.83 Å². The summed E-state index contributed by atoms with van der Waals surface area (Å²) in [6.45, 7) is 0. The van der Waals surface area contributed by atoms with Crippen LogP contribution in [0.1, 0.15) is 0 Å². The van der Waals surface area contributed by atoms with Crippen LogP contribution >= 0.6 is 0 Å². The van der Waals surface area contributed by atoms with E-state index in [-0.39, 0.29) is 0 Å². The van der Waals surface area contributed by atoms with Crippen molar-refractivity contribution in [1.82, 2.24) is 0 Å². The number of hydrogen-bond acceptors (Lipinski definition) is 3. The molecule has 0 bridgehead atoms. The third-order valence-corrected chi connectivity index (χ3v) is 10.9. The van der Waals surface area contributed by atoms with E-state index in [1.54, 1.807) is 0 Å². The fourth-order valence-corrected chi connectivity index (χ4v) is 8.20. The maximum Gasteiger partial charge on any atom is 0.143 e. The van der Waals surface area contributed by atoms with Crippen molar-refractivity contribution in [2.75, 3.05) is 4.90 Å². The number of fused-ring (bicyclic) bond motifs is 8. The zero-order chi connectivity index (χ0) is 36.3. The Hall–Kier alpha value is -7.36. The molecular formula is C52H33NO2. The van der Waals surface area contributed by atoms with Gasteiger partial charge in [-0.2, -0.15) is 0 Å². The summed E-state index contributed by atoms with van der Waals surface area (Å²) in [5, 5.41) is 6.80. The van der Waals surface area contributed by atoms with Gasteiger partial charge in [0.1, 0.15) is 22.3 Å². The molecule has 0 radical (unpaired) electrons. The molecule has 2 aromatic heterocycles. The van der Waals surface area contributed by atoms with Crippen LogP contribution < -0.4 is 4.90 Å². The van der Waals surface area contributed by atoms with Crippen molar-refractivity contribution in [2.45, 2.75) is 0 Å². The summed E-state index contributed by atoms with van der Waals surface area (Å²) in [5.74, 6) is 0. The largest absolute Gasteiger partial charge is 0.456 e. The average molecular weight is 704 g/mol. The molecule has 0 N–H and O–H groups in total. The Kier molecular flexibility index (Phi) is 7.17. The van der Waals surface area contributed by atoms with E-state index in [9.17, 15) is 0 Å². The smallest absolute Gasteiger partial charge is 0.143 e. The van der Waals surface area contributed by atoms with E-state index in [1.807, 2.05) is 12.1 Å². The number of furan rings is 2. The second kappa shape index (κ2) is 12.6. The van der Waals surface area contributed by atoms with Gasteiger partial charge in [0.05, 0.1) is 0 Å². The van der Waals surface area contributed by atoms with Crippen molar-refractivity contribution in [3.8, 4) is 33.4 Å². The summed E-state index contributed by atoms with van der Waals surface area (Å²) in [7, 11) is 0. The normalized spacial score (nSPS) is 11.6. The van der Waals surface area contributed by atoms with Crippen molar-refractivity contribution in [1.29, 1.82) is 0 Å². The molecule has 3 heteroatoms. The van der Waals surface area contributed by atoms with Crippen LogP contribution in [0.4, 0.5) is 17.1 Å². The summed E-state index contributed by atoms with van der Waals surface area (Å²) in [4.78, 5) is 2.31. The Morgan fingerprint density at radius 1 is 0.309 bits per heavy atom. The van der Waals surface area contributed by atoms with Gasteiger partial charge in [-0.25, -0.2) is 0 Å². The fraction of sp³-hybridized carbons (Fsp3) is 0. The Morgan fingerprint density at radius 2 is 0.891 bits per heavy atom. The van der Waals surface area contributed by atoms with Crippen LogP contribution in [0.2, 0.25) is 0 Å². The summed E-state index contributed by atoms with van der Waals surface area (Å²) in [6.07, 6.45) is 0. The molecule has 0 spiro atoms. The van der Waals surface area contributed by atoms with E-state index in [4.69, 9.17) is 8.83 Å². The zero-order valence-corrected chi connectivity index (χ0v) is 29.8. The molecule has 11 rings (SSSR count). The molecule has 0 aliphatic carbocycles. The lowest BCUT2D eigenvalue weighted by Crippen LogP contribution is -2.09. The molecule has 0 aliphatic heterocycles. The van der Waals surface area contributed by atoms with Crippen molar-refractivity contribution >= 4 is 71.7 Å². The van der Waals surface area contributed by atoms with Gasteiger partial charge in [0.2, 0.25) is 0 Å². The topological polar surface area (TPSA) is 29.5 Å². The lowest BCUT2D eigenvalue weighted by molar-refractivity contribution is 0.669. The minimum absolute atomic E-state index is 0.862. The van der Waals surface area contributed by atoms with Gasteiger partial charge in [0.25, 0.3) is 0 Å². The third kappa shape index (κ3) is 5.28. The third-order valence-electron chi connectivity index (χ3n) is 10.9. The van der Waals surface area contributed by atoms with Crippen molar-refractivity contribution in [3.05, 3.63) is 200 Å². The van der Waals surface area contributed by atoms with Crippen LogP contribution in [0, 0.1) is 0 Å². The number of hydrogen-bond donors (Lipinski definition) is 0. The van der Waals surface area contributed by atoms with Gasteiger partial charge in [-0.05, 0) is 99.4 Å². The van der Waals surface area contributed by atoms with Crippen LogP contribution in [0.15, 0.2) is 209 Å². The second-order valence-electron chi connectivity index (χ2n) is 14.1. The maximum absolute atomic E-state index is 6.52. The van der Waals surface area contributed by atoms with Gasteiger partial charge in [0.15, 0.2) is 0 Å². The average Bonchev–Trinajstić information content (AvgIpc) is 3.83. The van der Waals surface area contributed by atoms with Crippen LogP contribution in [-0.4, -0.2) is 0 Å². The van der Waals surface area contributed by atoms with Crippen LogP contribution in [-0.2, 0) is 0 Å². The molecule has 0 unspecified atom stereocenters. The predicted octanol–water partition coefficient (Wildman–Crippen LogP) is 15.1. The molecule has 0 atom stereocenters. The molecule has 11 aromatic rings. The molecule has 0 fully saturated rings. The van der Waals surface area contributed by atoms with E-state index in [0.29, 0.717) is 0 Å². The molecule has 0 saturated heterocycles. The highest BCUT2D eigenvalue weighted by atomic mass is 16.3. The number of para-hydroxylation sites is 1. The number of nitrogens with zero attached hydrogens (tertiary/aromatic N) is 1. The summed E-state index contributed by atoms with van der Waals surface area (Å²) >= 11 is 0. The molecule has 0 amide bonds. The van der Waals surface area contributed by atoms with Crippen LogP contribution in [0.3, 0.4) is 0 Å². The monoisotopic (exact) mass is 703 g/mol. The molecule has 0 aliphatic rings. The van der Waals surface area contributed by atoms with E-state index < -0.39 is 0 Å². The standard InChI is InChI=1S/C52H33NO2/c1-2-10-34(11-3-1)38-13-8-14-39(32-38)35-20-25-40(26-21-35)53(42-29-31-46-45-16-6-7-18-48(45)54-50(46)33-42)41-27-22-37(23-28-41)43-17-9-19-49-51(43)47-30-24-36-12-4-5-15-44(36)52(47)55-49/h1-33H. The van der Waals surface area contributed by atoms with Gasteiger partial charge >= 0.3 is 0 Å². The molecule has 258 valence electrons. The summed E-state index contributed by atoms with van der Waals surface area (Å²) < 4.78 is 12.9. The van der Waals surface area contributed by atoms with Crippen LogP contribution in [0.25, 0.3) is 88.0 Å². The van der Waals surface area contributed by atoms with Crippen molar-refractivity contribution in [2.24, 2.45) is 0 Å². The second-order valence-corrected chi connectivity index (χ2v) is 14.1. The first-order valence-corrected chi connectivity index (χ1v) is 18.7. The first kappa shape index (κ1) is 31.2. The summed E-state index contributed by atoms with van der Waals surface area (Å²) in [6, 6.07) is 70.9. The van der Waals surface area contributed by atoms with Gasteiger partial charge < -0.3 is 13.7 Å². The predicted molar refractivity (Wildman–Crippen MR) is 229 cm³/mol. The quantitative estimate of drug-likeness (QED) is 0.173. The van der Waals surface area contributed by atoms with Gasteiger partial charge in [-0.3, -0.25) is 0 Å². The lowest BCUT2D eigenvalue weighted by Gasteiger charge is -2.26. The van der Waals surface area contributed by atoms with Gasteiger partial charge in [0, 0.05) is 50.1 Å². The molecule has 9 aromatic carbocycles. The minimum Gasteiger partial charge on any atom is -0.456 e. The zero-order valence-electron chi connectivity index (χ0n) is 29.8. The number of anilines is 3. The Labute approximate surface area is 317 Å². The van der Waals surface area contributed by atoms with E-state index >= 15 is 0 Å². The van der Waals surface area contributed by atoms with Crippen LogP contribution in [0.5, 0.6) is 0 Å². The Balaban J connectivity index is 1.01. The fourth-order valence-electron chi connectivity index (χ4n) is 8.20. The Bertz CT molecular complexity index is 3190. The molecule has 2 heterocycles. The highest BCUT2D eigenvalue weighted by Gasteiger charge is 2.18. The minimum atomic E-state index is 0.862. The first-order chi connectivity index (χ1) is 27.2. The maximum atomic E-state index is 6.52. The first-order valence-electron chi connectivity index (χ1n) is 18.7. The van der Waals surface area contributed by atoms with E-state index in [0.717, 1.165) is 83.0 Å². The lowest BCUT2D eigenvalue weighted by atomic mass is 9.97. The molecular weight excluding hydrogens is 671 g/mol. The van der Waals surface area contributed by atoms with Crippen molar-refractivity contribution in [3.63, 3.8) is 0 Å². The highest BCUT2D eigenvalue weighted by molar-refractivity contribution is 6.19. The molecule has 3 nitrogen and oxygen atoms in total. The Morgan fingerprint density at radius 3 is 1.69 bits per heavy atom. The van der Waals surface area contributed by atoms with Gasteiger partial charge in [-0.15, -0.1) is 0 Å². The van der Waals surface area contributed by atoms with E-state index in [2.05, 4.69) is 193 Å². The highest BCUT2D eigenvalue weighted by Crippen LogP contribution is 2.42. The molecule has 55 heavy (non-hydrogen) atoms. The number of benzene rings is 9.